The zero-order chi connectivity index (χ0) is 20.0. The van der Waals surface area contributed by atoms with Gasteiger partial charge in [-0.3, -0.25) is 4.79 Å². The first-order chi connectivity index (χ1) is 13.5. The number of hydrogen-bond donors (Lipinski definition) is 1. The van der Waals surface area contributed by atoms with Gasteiger partial charge in [0, 0.05) is 16.6 Å². The topological polar surface area (TPSA) is 41.6 Å². The largest absolute Gasteiger partial charge is 0.484 e. The summed E-state index contributed by atoms with van der Waals surface area (Å²) in [5, 5.41) is 3.92. The van der Waals surface area contributed by atoms with Crippen molar-refractivity contribution in [3.8, 4) is 5.75 Å². The highest BCUT2D eigenvalue weighted by Gasteiger charge is 2.37. The van der Waals surface area contributed by atoms with E-state index in [1.165, 1.54) is 5.56 Å². The van der Waals surface area contributed by atoms with Gasteiger partial charge in [-0.1, -0.05) is 41.9 Å². The van der Waals surface area contributed by atoms with Crippen molar-refractivity contribution >= 4 is 17.5 Å². The van der Waals surface area contributed by atoms with Gasteiger partial charge in [0.05, 0.1) is 0 Å². The van der Waals surface area contributed by atoms with Crippen LogP contribution in [0.1, 0.15) is 31.2 Å². The second kappa shape index (κ2) is 9.44. The molecular formula is C23H29ClN2O2. The number of hydrogen-bond acceptors (Lipinski definition) is 3. The Balaban J connectivity index is 1.52. The molecule has 0 atom stereocenters. The normalized spacial score (nSPS) is 22.1. The fraction of sp³-hybridized carbons (Fsp3) is 0.435. The van der Waals surface area contributed by atoms with Crippen molar-refractivity contribution in [1.29, 1.82) is 0 Å². The van der Waals surface area contributed by atoms with E-state index in [4.69, 9.17) is 16.3 Å². The summed E-state index contributed by atoms with van der Waals surface area (Å²) < 4.78 is 5.55. The molecule has 4 nitrogen and oxygen atoms in total. The molecular weight excluding hydrogens is 372 g/mol. The Hall–Kier alpha value is -2.04. The van der Waals surface area contributed by atoms with Crippen LogP contribution in [0.25, 0.3) is 0 Å². The van der Waals surface area contributed by atoms with Crippen molar-refractivity contribution in [1.82, 2.24) is 10.2 Å². The predicted molar refractivity (Wildman–Crippen MR) is 114 cm³/mol. The highest BCUT2D eigenvalue weighted by Crippen LogP contribution is 2.35. The summed E-state index contributed by atoms with van der Waals surface area (Å²) in [4.78, 5) is 14.6. The molecule has 1 N–H and O–H groups in total. The van der Waals surface area contributed by atoms with Crippen LogP contribution in [0.5, 0.6) is 5.75 Å². The van der Waals surface area contributed by atoms with Crippen LogP contribution >= 0.6 is 11.6 Å². The number of carbonyl (C=O) groups excluding carboxylic acids is 1. The van der Waals surface area contributed by atoms with Crippen LogP contribution in [0.2, 0.25) is 5.02 Å². The van der Waals surface area contributed by atoms with Gasteiger partial charge in [0.2, 0.25) is 0 Å². The summed E-state index contributed by atoms with van der Waals surface area (Å²) in [5.41, 5.74) is 1.37. The van der Waals surface area contributed by atoms with Gasteiger partial charge < -0.3 is 15.0 Å². The smallest absolute Gasteiger partial charge is 0.258 e. The number of ether oxygens (including phenoxy) is 1. The van der Waals surface area contributed by atoms with E-state index in [-0.39, 0.29) is 24.1 Å². The van der Waals surface area contributed by atoms with E-state index < -0.39 is 0 Å². The van der Waals surface area contributed by atoms with Crippen LogP contribution in [0, 0.1) is 0 Å². The van der Waals surface area contributed by atoms with E-state index in [0.29, 0.717) is 0 Å². The molecule has 0 heterocycles. The van der Waals surface area contributed by atoms with E-state index in [1.54, 1.807) is 0 Å². The standard InChI is InChI=1S/C23H29ClN2O2/c1-26(2)23(16-18-7-6-8-19(24)15-18)13-11-20(12-14-23)25-22(27)17-28-21-9-4-3-5-10-21/h3-10,15,20H,11-14,16-17H2,1-2H3,(H,25,27). The van der Waals surface area contributed by atoms with Crippen LogP contribution < -0.4 is 10.1 Å². The van der Waals surface area contributed by atoms with Crippen molar-refractivity contribution in [3.05, 3.63) is 65.2 Å². The Kier molecular flexibility index (Phi) is 6.97. The molecule has 1 amide bonds. The number of likely N-dealkylation sites (N-methyl/N-ethyl adjacent to an activating group) is 1. The van der Waals surface area contributed by atoms with Gasteiger partial charge in [0.15, 0.2) is 6.61 Å². The fourth-order valence-electron chi connectivity index (χ4n) is 4.04. The van der Waals surface area contributed by atoms with Crippen LogP contribution in [0.4, 0.5) is 0 Å². The Bertz CT molecular complexity index is 771. The molecule has 0 bridgehead atoms. The van der Waals surface area contributed by atoms with Gasteiger partial charge in [0.25, 0.3) is 5.91 Å². The van der Waals surface area contributed by atoms with Gasteiger partial charge in [-0.15, -0.1) is 0 Å². The Labute approximate surface area is 172 Å². The van der Waals surface area contributed by atoms with E-state index in [1.807, 2.05) is 42.5 Å². The fourth-order valence-corrected chi connectivity index (χ4v) is 4.26. The molecule has 0 unspecified atom stereocenters. The predicted octanol–water partition coefficient (Wildman–Crippen LogP) is 4.32. The number of para-hydroxylation sites is 1. The van der Waals surface area contributed by atoms with Crippen LogP contribution in [0.15, 0.2) is 54.6 Å². The molecule has 0 radical (unpaired) electrons. The first-order valence-electron chi connectivity index (χ1n) is 9.86. The number of carbonyl (C=O) groups is 1. The van der Waals surface area contributed by atoms with E-state index in [2.05, 4.69) is 36.4 Å². The summed E-state index contributed by atoms with van der Waals surface area (Å²) in [6.07, 6.45) is 4.98. The molecule has 0 saturated heterocycles. The molecule has 0 aliphatic heterocycles. The van der Waals surface area contributed by atoms with Crippen LogP contribution in [-0.2, 0) is 11.2 Å². The van der Waals surface area contributed by atoms with Gasteiger partial charge in [-0.2, -0.15) is 0 Å². The lowest BCUT2D eigenvalue weighted by Gasteiger charge is -2.45. The molecule has 150 valence electrons. The highest BCUT2D eigenvalue weighted by atomic mass is 35.5. The van der Waals surface area contributed by atoms with Gasteiger partial charge >= 0.3 is 0 Å². The molecule has 2 aromatic rings. The molecule has 2 aromatic carbocycles. The van der Waals surface area contributed by atoms with Crippen molar-refractivity contribution in [2.75, 3.05) is 20.7 Å². The number of nitrogens with one attached hydrogen (secondary N) is 1. The van der Waals surface area contributed by atoms with Crippen molar-refractivity contribution < 1.29 is 9.53 Å². The molecule has 28 heavy (non-hydrogen) atoms. The Morgan fingerprint density at radius 2 is 1.86 bits per heavy atom. The first kappa shape index (κ1) is 20.7. The Morgan fingerprint density at radius 3 is 2.50 bits per heavy atom. The number of rotatable bonds is 7. The third-order valence-electron chi connectivity index (χ3n) is 5.77. The van der Waals surface area contributed by atoms with E-state index >= 15 is 0 Å². The summed E-state index contributed by atoms with van der Waals surface area (Å²) >= 11 is 6.17. The van der Waals surface area contributed by atoms with Crippen LogP contribution in [-0.4, -0.2) is 43.1 Å². The Morgan fingerprint density at radius 1 is 1.14 bits per heavy atom. The summed E-state index contributed by atoms with van der Waals surface area (Å²) in [6, 6.07) is 17.8. The average Bonchev–Trinajstić information content (AvgIpc) is 2.69. The molecule has 1 fully saturated rings. The first-order valence-corrected chi connectivity index (χ1v) is 10.2. The zero-order valence-corrected chi connectivity index (χ0v) is 17.4. The maximum atomic E-state index is 12.2. The van der Waals surface area contributed by atoms with Gasteiger partial charge in [-0.05, 0) is 76.0 Å². The third-order valence-corrected chi connectivity index (χ3v) is 6.00. The highest BCUT2D eigenvalue weighted by molar-refractivity contribution is 6.30. The number of halogens is 1. The van der Waals surface area contributed by atoms with E-state index in [9.17, 15) is 4.79 Å². The van der Waals surface area contributed by atoms with Crippen molar-refractivity contribution in [2.45, 2.75) is 43.7 Å². The summed E-state index contributed by atoms with van der Waals surface area (Å²) in [6.45, 7) is 0.0574. The zero-order valence-electron chi connectivity index (χ0n) is 16.7. The third kappa shape index (κ3) is 5.49. The molecule has 0 aromatic heterocycles. The second-order valence-corrected chi connectivity index (χ2v) is 8.31. The molecule has 1 aliphatic rings. The number of benzene rings is 2. The molecule has 0 spiro atoms. The lowest BCUT2D eigenvalue weighted by molar-refractivity contribution is -0.124. The van der Waals surface area contributed by atoms with Gasteiger partial charge in [-0.25, -0.2) is 0 Å². The van der Waals surface area contributed by atoms with E-state index in [0.717, 1.165) is 42.9 Å². The molecule has 3 rings (SSSR count). The maximum absolute atomic E-state index is 12.2. The van der Waals surface area contributed by atoms with Crippen molar-refractivity contribution in [3.63, 3.8) is 0 Å². The summed E-state index contributed by atoms with van der Waals surface area (Å²) in [7, 11) is 4.30. The quantitative estimate of drug-likeness (QED) is 0.752. The lowest BCUT2D eigenvalue weighted by atomic mass is 9.75. The minimum absolute atomic E-state index is 0.0546. The number of amides is 1. The van der Waals surface area contributed by atoms with Crippen molar-refractivity contribution in [2.24, 2.45) is 0 Å². The summed E-state index contributed by atoms with van der Waals surface area (Å²) in [5.74, 6) is 0.662. The minimum Gasteiger partial charge on any atom is -0.484 e. The molecule has 5 heteroatoms. The molecule has 1 aliphatic carbocycles. The second-order valence-electron chi connectivity index (χ2n) is 7.87. The average molecular weight is 401 g/mol. The molecule has 1 saturated carbocycles. The number of nitrogens with zero attached hydrogens (tertiary/aromatic N) is 1. The minimum atomic E-state index is -0.0546. The monoisotopic (exact) mass is 400 g/mol. The van der Waals surface area contributed by atoms with Crippen LogP contribution in [0.3, 0.4) is 0 Å². The maximum Gasteiger partial charge on any atom is 0.258 e. The SMILES string of the molecule is CN(C)C1(Cc2cccc(Cl)c2)CCC(NC(=O)COc2ccccc2)CC1. The van der Waals surface area contributed by atoms with Gasteiger partial charge in [0.1, 0.15) is 5.75 Å². The lowest BCUT2D eigenvalue weighted by Crippen LogP contribution is -2.52.